The van der Waals surface area contributed by atoms with Crippen LogP contribution in [0.25, 0.3) is 0 Å². The first-order valence-corrected chi connectivity index (χ1v) is 9.80. The monoisotopic (exact) mass is 387 g/mol. The summed E-state index contributed by atoms with van der Waals surface area (Å²) in [5, 5.41) is 2.93. The zero-order chi connectivity index (χ0) is 19.4. The number of methoxy groups -OCH3 is 1. The summed E-state index contributed by atoms with van der Waals surface area (Å²) in [5.41, 5.74) is 1.74. The highest BCUT2D eigenvalue weighted by atomic mass is 32.1. The van der Waals surface area contributed by atoms with Crippen molar-refractivity contribution in [2.75, 3.05) is 45.2 Å². The number of ether oxygens (including phenoxy) is 1. The molecule has 0 radical (unpaired) electrons. The Kier molecular flexibility index (Phi) is 6.13. The Morgan fingerprint density at radius 2 is 1.85 bits per heavy atom. The fraction of sp³-hybridized carbons (Fsp3) is 0.400. The number of anilines is 1. The van der Waals surface area contributed by atoms with E-state index in [1.807, 2.05) is 49.1 Å². The lowest BCUT2D eigenvalue weighted by atomic mass is 10.2. The molecule has 0 saturated carbocycles. The number of hydrogen-bond acceptors (Lipinski definition) is 5. The predicted octanol–water partition coefficient (Wildman–Crippen LogP) is 2.77. The molecule has 1 aliphatic rings. The van der Waals surface area contributed by atoms with Crippen molar-refractivity contribution in [2.45, 2.75) is 13.8 Å². The zero-order valence-corrected chi connectivity index (χ0v) is 16.8. The molecule has 6 nitrogen and oxygen atoms in total. The Bertz CT molecular complexity index is 826. The lowest BCUT2D eigenvalue weighted by Crippen LogP contribution is -2.50. The van der Waals surface area contributed by atoms with Gasteiger partial charge in [0.25, 0.3) is 5.91 Å². The van der Waals surface area contributed by atoms with Crippen molar-refractivity contribution in [3.63, 3.8) is 0 Å². The normalized spacial score (nSPS) is 14.9. The first-order chi connectivity index (χ1) is 13.0. The zero-order valence-electron chi connectivity index (χ0n) is 15.9. The summed E-state index contributed by atoms with van der Waals surface area (Å²) < 4.78 is 5.30. The SMILES string of the molecule is COc1ccc(C)cc1NC(=O)CN1CCN(C(=O)c2ccc(C)s2)CC1. The summed E-state index contributed by atoms with van der Waals surface area (Å²) in [7, 11) is 1.59. The molecule has 0 aliphatic carbocycles. The number of amides is 2. The minimum Gasteiger partial charge on any atom is -0.495 e. The van der Waals surface area contributed by atoms with Crippen molar-refractivity contribution in [1.29, 1.82) is 0 Å². The van der Waals surface area contributed by atoms with Crippen LogP contribution < -0.4 is 10.1 Å². The fourth-order valence-corrected chi connectivity index (χ4v) is 3.96. The number of nitrogens with zero attached hydrogens (tertiary/aromatic N) is 2. The highest BCUT2D eigenvalue weighted by Gasteiger charge is 2.24. The number of thiophene rings is 1. The topological polar surface area (TPSA) is 61.9 Å². The van der Waals surface area contributed by atoms with Crippen molar-refractivity contribution >= 4 is 28.8 Å². The van der Waals surface area contributed by atoms with Crippen LogP contribution in [0.4, 0.5) is 5.69 Å². The molecule has 0 atom stereocenters. The molecule has 2 amide bonds. The summed E-state index contributed by atoms with van der Waals surface area (Å²) in [6.45, 7) is 6.93. The first-order valence-electron chi connectivity index (χ1n) is 8.99. The summed E-state index contributed by atoms with van der Waals surface area (Å²) in [6.07, 6.45) is 0. The van der Waals surface area contributed by atoms with E-state index < -0.39 is 0 Å². The van der Waals surface area contributed by atoms with Gasteiger partial charge in [-0.2, -0.15) is 0 Å². The molecule has 3 rings (SSSR count). The van der Waals surface area contributed by atoms with Gasteiger partial charge >= 0.3 is 0 Å². The van der Waals surface area contributed by atoms with Crippen molar-refractivity contribution < 1.29 is 14.3 Å². The molecule has 1 N–H and O–H groups in total. The first kappa shape index (κ1) is 19.4. The highest BCUT2D eigenvalue weighted by molar-refractivity contribution is 7.13. The third-order valence-electron chi connectivity index (χ3n) is 4.61. The average Bonchev–Trinajstić information content (AvgIpc) is 3.08. The van der Waals surface area contributed by atoms with E-state index in [4.69, 9.17) is 4.74 Å². The minimum absolute atomic E-state index is 0.0763. The number of rotatable bonds is 5. The third kappa shape index (κ3) is 4.87. The van der Waals surface area contributed by atoms with Crippen LogP contribution in [-0.2, 0) is 4.79 Å². The molecule has 1 fully saturated rings. The fourth-order valence-electron chi connectivity index (χ4n) is 3.13. The van der Waals surface area contributed by atoms with Crippen LogP contribution in [0.15, 0.2) is 30.3 Å². The Labute approximate surface area is 163 Å². The van der Waals surface area contributed by atoms with Gasteiger partial charge in [-0.3, -0.25) is 14.5 Å². The van der Waals surface area contributed by atoms with Gasteiger partial charge in [-0.15, -0.1) is 11.3 Å². The minimum atomic E-state index is -0.0763. The molecular weight excluding hydrogens is 362 g/mol. The maximum atomic E-state index is 12.5. The van der Waals surface area contributed by atoms with E-state index in [1.165, 1.54) is 11.3 Å². The van der Waals surface area contributed by atoms with Crippen molar-refractivity contribution in [1.82, 2.24) is 9.80 Å². The lowest BCUT2D eigenvalue weighted by molar-refractivity contribution is -0.117. The largest absolute Gasteiger partial charge is 0.495 e. The number of aryl methyl sites for hydroxylation is 2. The molecule has 1 saturated heterocycles. The van der Waals surface area contributed by atoms with E-state index in [9.17, 15) is 9.59 Å². The molecule has 144 valence electrons. The van der Waals surface area contributed by atoms with Crippen LogP contribution in [0.3, 0.4) is 0 Å². The van der Waals surface area contributed by atoms with E-state index in [-0.39, 0.29) is 11.8 Å². The van der Waals surface area contributed by atoms with Gasteiger partial charge < -0.3 is 15.0 Å². The molecule has 7 heteroatoms. The number of nitrogens with one attached hydrogen (secondary N) is 1. The van der Waals surface area contributed by atoms with Crippen LogP contribution in [0, 0.1) is 13.8 Å². The van der Waals surface area contributed by atoms with Gasteiger partial charge in [-0.1, -0.05) is 6.07 Å². The van der Waals surface area contributed by atoms with Crippen LogP contribution in [0.1, 0.15) is 20.1 Å². The smallest absolute Gasteiger partial charge is 0.264 e. The quantitative estimate of drug-likeness (QED) is 0.857. The molecule has 27 heavy (non-hydrogen) atoms. The molecule has 2 aromatic rings. The summed E-state index contributed by atoms with van der Waals surface area (Å²) in [6, 6.07) is 9.55. The maximum Gasteiger partial charge on any atom is 0.264 e. The van der Waals surface area contributed by atoms with E-state index in [0.717, 1.165) is 15.3 Å². The van der Waals surface area contributed by atoms with E-state index in [1.54, 1.807) is 7.11 Å². The molecular formula is C20H25N3O3S. The second-order valence-electron chi connectivity index (χ2n) is 6.73. The highest BCUT2D eigenvalue weighted by Crippen LogP contribution is 2.25. The van der Waals surface area contributed by atoms with Crippen LogP contribution >= 0.6 is 11.3 Å². The number of carbonyl (C=O) groups excluding carboxylic acids is 2. The van der Waals surface area contributed by atoms with E-state index in [2.05, 4.69) is 10.2 Å². The van der Waals surface area contributed by atoms with Crippen LogP contribution in [-0.4, -0.2) is 61.4 Å². The van der Waals surface area contributed by atoms with Crippen molar-refractivity contribution in [3.05, 3.63) is 45.6 Å². The molecule has 1 aromatic carbocycles. The Balaban J connectivity index is 1.51. The maximum absolute atomic E-state index is 12.5. The summed E-state index contributed by atoms with van der Waals surface area (Å²) >= 11 is 1.53. The molecule has 1 aromatic heterocycles. The lowest BCUT2D eigenvalue weighted by Gasteiger charge is -2.34. The number of benzene rings is 1. The van der Waals surface area contributed by atoms with E-state index in [0.29, 0.717) is 44.2 Å². The number of carbonyl (C=O) groups is 2. The van der Waals surface area contributed by atoms with Gasteiger partial charge in [0.05, 0.1) is 24.2 Å². The van der Waals surface area contributed by atoms with Gasteiger partial charge in [0.15, 0.2) is 0 Å². The Morgan fingerprint density at radius 3 is 2.48 bits per heavy atom. The van der Waals surface area contributed by atoms with Crippen LogP contribution in [0.5, 0.6) is 5.75 Å². The number of piperazine rings is 1. The molecule has 0 spiro atoms. The predicted molar refractivity (Wildman–Crippen MR) is 108 cm³/mol. The Morgan fingerprint density at radius 1 is 1.11 bits per heavy atom. The standard InChI is InChI=1S/C20H25N3O3S/c1-14-4-6-17(26-3)16(12-14)21-19(24)13-22-8-10-23(11-9-22)20(25)18-7-5-15(2)27-18/h4-7,12H,8-11,13H2,1-3H3,(H,21,24). The molecule has 2 heterocycles. The molecule has 0 bridgehead atoms. The van der Waals surface area contributed by atoms with Gasteiger partial charge in [0.2, 0.25) is 5.91 Å². The van der Waals surface area contributed by atoms with Gasteiger partial charge in [-0.05, 0) is 43.7 Å². The van der Waals surface area contributed by atoms with Crippen molar-refractivity contribution in [2.24, 2.45) is 0 Å². The third-order valence-corrected chi connectivity index (χ3v) is 5.60. The van der Waals surface area contributed by atoms with Crippen LogP contribution in [0.2, 0.25) is 0 Å². The van der Waals surface area contributed by atoms with Gasteiger partial charge in [-0.25, -0.2) is 0 Å². The molecule has 0 unspecified atom stereocenters. The van der Waals surface area contributed by atoms with E-state index >= 15 is 0 Å². The second kappa shape index (κ2) is 8.54. The number of hydrogen-bond donors (Lipinski definition) is 1. The summed E-state index contributed by atoms with van der Waals surface area (Å²) in [5.74, 6) is 0.657. The van der Waals surface area contributed by atoms with Crippen molar-refractivity contribution in [3.8, 4) is 5.75 Å². The Hall–Kier alpha value is -2.38. The summed E-state index contributed by atoms with van der Waals surface area (Å²) in [4.78, 5) is 30.8. The molecule has 1 aliphatic heterocycles. The average molecular weight is 388 g/mol. The second-order valence-corrected chi connectivity index (χ2v) is 8.02. The van der Waals surface area contributed by atoms with Gasteiger partial charge in [0.1, 0.15) is 5.75 Å². The van der Waals surface area contributed by atoms with Gasteiger partial charge in [0, 0.05) is 31.1 Å².